The first-order valence-corrected chi connectivity index (χ1v) is 7.95. The Balaban J connectivity index is 1.79. The van der Waals surface area contributed by atoms with Crippen LogP contribution in [0.2, 0.25) is 0 Å². The van der Waals surface area contributed by atoms with Crippen molar-refractivity contribution in [2.75, 3.05) is 14.2 Å². The van der Waals surface area contributed by atoms with Gasteiger partial charge in [-0.1, -0.05) is 18.2 Å². The van der Waals surface area contributed by atoms with Crippen LogP contribution in [-0.4, -0.2) is 20.2 Å². The monoisotopic (exact) mass is 328 g/mol. The molecule has 0 N–H and O–H groups in total. The van der Waals surface area contributed by atoms with E-state index in [1.807, 2.05) is 23.6 Å². The molecule has 23 heavy (non-hydrogen) atoms. The third kappa shape index (κ3) is 3.14. The molecule has 0 fully saturated rings. The Hall–Kier alpha value is -2.53. The van der Waals surface area contributed by atoms with Crippen molar-refractivity contribution in [3.05, 3.63) is 59.0 Å². The zero-order valence-corrected chi connectivity index (χ0v) is 13.7. The largest absolute Gasteiger partial charge is 0.497 e. The van der Waals surface area contributed by atoms with Crippen molar-refractivity contribution < 1.29 is 19.0 Å². The fourth-order valence-electron chi connectivity index (χ4n) is 2.34. The van der Waals surface area contributed by atoms with Crippen molar-refractivity contribution >= 4 is 27.4 Å². The van der Waals surface area contributed by atoms with E-state index in [1.54, 1.807) is 36.6 Å². The van der Waals surface area contributed by atoms with E-state index in [2.05, 4.69) is 6.07 Å². The standard InChI is InChI=1S/C18H16O4S/c1-20-13-7-8-16(21-2)15(9-13)18(19)22-10-12-11-23-17-6-4-3-5-14(12)17/h3-9,11H,10H2,1-2H3. The Kier molecular flexibility index (Phi) is 4.48. The van der Waals surface area contributed by atoms with E-state index in [9.17, 15) is 4.79 Å². The van der Waals surface area contributed by atoms with E-state index in [0.29, 0.717) is 17.1 Å². The van der Waals surface area contributed by atoms with Gasteiger partial charge >= 0.3 is 5.97 Å². The Morgan fingerprint density at radius 1 is 1.09 bits per heavy atom. The van der Waals surface area contributed by atoms with Crippen molar-refractivity contribution in [2.24, 2.45) is 0 Å². The van der Waals surface area contributed by atoms with E-state index in [0.717, 1.165) is 10.9 Å². The first-order valence-electron chi connectivity index (χ1n) is 7.07. The Labute approximate surface area is 138 Å². The van der Waals surface area contributed by atoms with Gasteiger partial charge in [-0.15, -0.1) is 11.3 Å². The molecule has 0 aliphatic carbocycles. The maximum Gasteiger partial charge on any atom is 0.342 e. The molecule has 1 aromatic heterocycles. The number of methoxy groups -OCH3 is 2. The summed E-state index contributed by atoms with van der Waals surface area (Å²) in [5, 5.41) is 3.13. The SMILES string of the molecule is COc1ccc(OC)c(C(=O)OCc2csc3ccccc23)c1. The van der Waals surface area contributed by atoms with Crippen LogP contribution >= 0.6 is 11.3 Å². The molecule has 0 unspecified atom stereocenters. The second kappa shape index (κ2) is 6.71. The average Bonchev–Trinajstić information content (AvgIpc) is 3.02. The zero-order chi connectivity index (χ0) is 16.2. The fourth-order valence-corrected chi connectivity index (χ4v) is 3.29. The summed E-state index contributed by atoms with van der Waals surface area (Å²) < 4.78 is 17.0. The Morgan fingerprint density at radius 2 is 1.91 bits per heavy atom. The summed E-state index contributed by atoms with van der Waals surface area (Å²) in [4.78, 5) is 12.4. The number of esters is 1. The van der Waals surface area contributed by atoms with Gasteiger partial charge in [0.25, 0.3) is 0 Å². The highest BCUT2D eigenvalue weighted by Gasteiger charge is 2.16. The summed E-state index contributed by atoms with van der Waals surface area (Å²) in [5.41, 5.74) is 1.35. The molecule has 0 saturated carbocycles. The van der Waals surface area contributed by atoms with E-state index in [1.165, 1.54) is 11.8 Å². The Bertz CT molecular complexity index is 838. The van der Waals surface area contributed by atoms with Crippen LogP contribution in [0, 0.1) is 0 Å². The van der Waals surface area contributed by atoms with Crippen LogP contribution in [0.15, 0.2) is 47.8 Å². The molecule has 0 bridgehead atoms. The summed E-state index contributed by atoms with van der Waals surface area (Å²) in [6, 6.07) is 13.1. The molecular weight excluding hydrogens is 312 g/mol. The molecule has 1 heterocycles. The third-order valence-corrected chi connectivity index (χ3v) is 4.56. The highest BCUT2D eigenvalue weighted by Crippen LogP contribution is 2.28. The lowest BCUT2D eigenvalue weighted by Gasteiger charge is -2.10. The van der Waals surface area contributed by atoms with E-state index >= 15 is 0 Å². The molecule has 0 aliphatic rings. The summed E-state index contributed by atoms with van der Waals surface area (Å²) in [6.45, 7) is 0.225. The molecule has 0 saturated heterocycles. The minimum atomic E-state index is -0.434. The van der Waals surface area contributed by atoms with Crippen molar-refractivity contribution in [3.63, 3.8) is 0 Å². The number of fused-ring (bicyclic) bond motifs is 1. The number of ether oxygens (including phenoxy) is 3. The number of hydrogen-bond acceptors (Lipinski definition) is 5. The van der Waals surface area contributed by atoms with Gasteiger partial charge in [-0.2, -0.15) is 0 Å². The molecule has 3 rings (SSSR count). The van der Waals surface area contributed by atoms with Gasteiger partial charge in [0.05, 0.1) is 14.2 Å². The quantitative estimate of drug-likeness (QED) is 0.656. The van der Waals surface area contributed by atoms with Gasteiger partial charge in [-0.3, -0.25) is 0 Å². The maximum absolute atomic E-state index is 12.4. The van der Waals surface area contributed by atoms with Gasteiger partial charge in [0.15, 0.2) is 0 Å². The average molecular weight is 328 g/mol. The van der Waals surface area contributed by atoms with Crippen LogP contribution in [0.4, 0.5) is 0 Å². The van der Waals surface area contributed by atoms with E-state index < -0.39 is 5.97 Å². The molecule has 0 radical (unpaired) electrons. The van der Waals surface area contributed by atoms with Crippen LogP contribution < -0.4 is 9.47 Å². The lowest BCUT2D eigenvalue weighted by atomic mass is 10.2. The topological polar surface area (TPSA) is 44.8 Å². The zero-order valence-electron chi connectivity index (χ0n) is 12.9. The van der Waals surface area contributed by atoms with Crippen LogP contribution in [0.5, 0.6) is 11.5 Å². The van der Waals surface area contributed by atoms with Crippen molar-refractivity contribution in [1.82, 2.24) is 0 Å². The number of carbonyl (C=O) groups is 1. The van der Waals surface area contributed by atoms with Gasteiger partial charge in [0.1, 0.15) is 23.7 Å². The van der Waals surface area contributed by atoms with Gasteiger partial charge in [-0.05, 0) is 35.0 Å². The third-order valence-electron chi connectivity index (χ3n) is 3.55. The molecule has 118 valence electrons. The van der Waals surface area contributed by atoms with Crippen LogP contribution in [0.1, 0.15) is 15.9 Å². The van der Waals surface area contributed by atoms with E-state index in [4.69, 9.17) is 14.2 Å². The molecule has 0 atom stereocenters. The minimum Gasteiger partial charge on any atom is -0.497 e. The number of benzene rings is 2. The lowest BCUT2D eigenvalue weighted by Crippen LogP contribution is -2.07. The predicted octanol–water partition coefficient (Wildman–Crippen LogP) is 4.28. The maximum atomic E-state index is 12.4. The molecule has 0 spiro atoms. The highest BCUT2D eigenvalue weighted by molar-refractivity contribution is 7.17. The molecule has 5 heteroatoms. The predicted molar refractivity (Wildman–Crippen MR) is 90.5 cm³/mol. The number of hydrogen-bond donors (Lipinski definition) is 0. The van der Waals surface area contributed by atoms with Crippen LogP contribution in [-0.2, 0) is 11.3 Å². The van der Waals surface area contributed by atoms with Gasteiger partial charge < -0.3 is 14.2 Å². The molecule has 0 amide bonds. The summed E-state index contributed by atoms with van der Waals surface area (Å²) in [6.07, 6.45) is 0. The first kappa shape index (κ1) is 15.4. The van der Waals surface area contributed by atoms with Crippen molar-refractivity contribution in [2.45, 2.75) is 6.61 Å². The van der Waals surface area contributed by atoms with Gasteiger partial charge in [0, 0.05) is 10.3 Å². The molecular formula is C18H16O4S. The second-order valence-corrected chi connectivity index (χ2v) is 5.81. The van der Waals surface area contributed by atoms with Crippen molar-refractivity contribution in [1.29, 1.82) is 0 Å². The summed E-state index contributed by atoms with van der Waals surface area (Å²) in [5.74, 6) is 0.612. The smallest absolute Gasteiger partial charge is 0.342 e. The minimum absolute atomic E-state index is 0.225. The van der Waals surface area contributed by atoms with Crippen LogP contribution in [0.3, 0.4) is 0 Å². The molecule has 0 aliphatic heterocycles. The van der Waals surface area contributed by atoms with Gasteiger partial charge in [-0.25, -0.2) is 4.79 Å². The van der Waals surface area contributed by atoms with E-state index in [-0.39, 0.29) is 6.61 Å². The van der Waals surface area contributed by atoms with Gasteiger partial charge in [0.2, 0.25) is 0 Å². The van der Waals surface area contributed by atoms with Crippen LogP contribution in [0.25, 0.3) is 10.1 Å². The summed E-state index contributed by atoms with van der Waals surface area (Å²) in [7, 11) is 3.07. The highest BCUT2D eigenvalue weighted by atomic mass is 32.1. The lowest BCUT2D eigenvalue weighted by molar-refractivity contribution is 0.0470. The first-order chi connectivity index (χ1) is 11.2. The number of rotatable bonds is 5. The number of thiophene rings is 1. The molecule has 2 aromatic carbocycles. The van der Waals surface area contributed by atoms with Crippen molar-refractivity contribution in [3.8, 4) is 11.5 Å². The normalized spacial score (nSPS) is 10.5. The molecule has 3 aromatic rings. The second-order valence-electron chi connectivity index (χ2n) is 4.90. The Morgan fingerprint density at radius 3 is 2.70 bits per heavy atom. The fraction of sp³-hybridized carbons (Fsp3) is 0.167. The number of carbonyl (C=O) groups excluding carboxylic acids is 1. The summed E-state index contributed by atoms with van der Waals surface area (Å²) >= 11 is 1.64. The molecule has 4 nitrogen and oxygen atoms in total.